The zero-order chi connectivity index (χ0) is 18.8. The van der Waals surface area contributed by atoms with Crippen molar-refractivity contribution in [2.24, 2.45) is 0 Å². The smallest absolute Gasteiger partial charge is 0.146 e. The average Bonchev–Trinajstić information content (AvgIpc) is 3.12. The molecule has 0 bridgehead atoms. The highest BCUT2D eigenvalue weighted by Crippen LogP contribution is 2.39. The second kappa shape index (κ2) is 9.08. The van der Waals surface area contributed by atoms with Gasteiger partial charge in [0.2, 0.25) is 0 Å². The number of ether oxygens (including phenoxy) is 1. The van der Waals surface area contributed by atoms with E-state index in [-0.39, 0.29) is 0 Å². The molecule has 2 fully saturated rings. The molecule has 0 amide bonds. The number of hydrogen-bond donors (Lipinski definition) is 1. The lowest BCUT2D eigenvalue weighted by atomic mass is 9.97. The molecular formula is C20H28N4OS3. The van der Waals surface area contributed by atoms with Gasteiger partial charge in [0.15, 0.2) is 0 Å². The Morgan fingerprint density at radius 3 is 2.86 bits per heavy atom. The number of aryl methyl sites for hydroxylation is 2. The van der Waals surface area contributed by atoms with Crippen molar-refractivity contribution in [1.29, 1.82) is 0 Å². The van der Waals surface area contributed by atoms with Crippen LogP contribution in [-0.4, -0.2) is 70.2 Å². The third-order valence-corrected chi connectivity index (χ3v) is 9.74. The molecule has 2 saturated heterocycles. The molecule has 2 aliphatic heterocycles. The van der Waals surface area contributed by atoms with Gasteiger partial charge in [-0.3, -0.25) is 4.90 Å². The van der Waals surface area contributed by atoms with E-state index in [2.05, 4.69) is 33.7 Å². The van der Waals surface area contributed by atoms with E-state index in [9.17, 15) is 0 Å². The molecule has 0 radical (unpaired) electrons. The third kappa shape index (κ3) is 4.31. The molecule has 2 aromatic rings. The first-order valence-electron chi connectivity index (χ1n) is 10.4. The van der Waals surface area contributed by atoms with Crippen molar-refractivity contribution in [1.82, 2.24) is 14.9 Å². The van der Waals surface area contributed by atoms with Crippen molar-refractivity contribution in [2.45, 2.75) is 37.5 Å². The van der Waals surface area contributed by atoms with Crippen molar-refractivity contribution in [3.63, 3.8) is 0 Å². The SMILES string of the molecule is C1CCc2c(sc3nc(CN4CCOCC4)nc(NCC4CSCCS4)c23)C1. The van der Waals surface area contributed by atoms with E-state index in [1.807, 2.05) is 11.3 Å². The number of rotatable bonds is 5. The van der Waals surface area contributed by atoms with Gasteiger partial charge in [-0.2, -0.15) is 23.5 Å². The second-order valence-electron chi connectivity index (χ2n) is 7.72. The monoisotopic (exact) mass is 436 g/mol. The van der Waals surface area contributed by atoms with Crippen LogP contribution in [0.3, 0.4) is 0 Å². The number of fused-ring (bicyclic) bond motifs is 3. The molecule has 1 atom stereocenters. The quantitative estimate of drug-likeness (QED) is 0.767. The number of anilines is 1. The van der Waals surface area contributed by atoms with E-state index in [1.54, 1.807) is 4.88 Å². The van der Waals surface area contributed by atoms with Gasteiger partial charge in [-0.1, -0.05) is 0 Å². The molecule has 8 heteroatoms. The average molecular weight is 437 g/mol. The van der Waals surface area contributed by atoms with Gasteiger partial charge in [0.1, 0.15) is 16.5 Å². The molecule has 5 rings (SSSR count). The Morgan fingerprint density at radius 2 is 2.00 bits per heavy atom. The molecule has 0 aromatic carbocycles. The van der Waals surface area contributed by atoms with E-state index in [4.69, 9.17) is 14.7 Å². The summed E-state index contributed by atoms with van der Waals surface area (Å²) in [6.07, 6.45) is 5.00. The normalized spacial score (nSPS) is 23.6. The number of hydrogen-bond acceptors (Lipinski definition) is 8. The number of thiophene rings is 1. The summed E-state index contributed by atoms with van der Waals surface area (Å²) in [7, 11) is 0. The fraction of sp³-hybridized carbons (Fsp3) is 0.700. The summed E-state index contributed by atoms with van der Waals surface area (Å²) >= 11 is 6.10. The molecular weight excluding hydrogens is 408 g/mol. The maximum absolute atomic E-state index is 5.50. The summed E-state index contributed by atoms with van der Waals surface area (Å²) in [4.78, 5) is 15.2. The Balaban J connectivity index is 1.43. The molecule has 1 unspecified atom stereocenters. The van der Waals surface area contributed by atoms with E-state index < -0.39 is 0 Å². The van der Waals surface area contributed by atoms with Gasteiger partial charge in [0.25, 0.3) is 0 Å². The summed E-state index contributed by atoms with van der Waals surface area (Å²) in [6, 6.07) is 0. The predicted octanol–water partition coefficient (Wildman–Crippen LogP) is 3.66. The van der Waals surface area contributed by atoms with Gasteiger partial charge in [0.05, 0.1) is 25.1 Å². The first-order chi connectivity index (χ1) is 13.9. The lowest BCUT2D eigenvalue weighted by molar-refractivity contribution is 0.0331. The number of morpholine rings is 1. The lowest BCUT2D eigenvalue weighted by Crippen LogP contribution is -2.36. The Kier molecular flexibility index (Phi) is 6.30. The minimum absolute atomic E-state index is 0.681. The number of thioether (sulfide) groups is 2. The van der Waals surface area contributed by atoms with E-state index in [0.717, 1.165) is 51.0 Å². The van der Waals surface area contributed by atoms with Crippen molar-refractivity contribution in [2.75, 3.05) is 55.4 Å². The van der Waals surface area contributed by atoms with Gasteiger partial charge in [-0.15, -0.1) is 11.3 Å². The van der Waals surface area contributed by atoms with Gasteiger partial charge in [0, 0.05) is 47.0 Å². The van der Waals surface area contributed by atoms with Crippen LogP contribution in [-0.2, 0) is 24.1 Å². The van der Waals surface area contributed by atoms with Crippen LogP contribution in [0.2, 0.25) is 0 Å². The Hall–Kier alpha value is -0.540. The Labute approximate surface area is 179 Å². The molecule has 0 spiro atoms. The van der Waals surface area contributed by atoms with Crippen LogP contribution >= 0.6 is 34.9 Å². The van der Waals surface area contributed by atoms with E-state index in [1.165, 1.54) is 58.7 Å². The number of nitrogens with zero attached hydrogens (tertiary/aromatic N) is 3. The van der Waals surface area contributed by atoms with Gasteiger partial charge in [-0.25, -0.2) is 9.97 Å². The minimum Gasteiger partial charge on any atom is -0.379 e. The molecule has 1 N–H and O–H groups in total. The third-order valence-electron chi connectivity index (χ3n) is 5.71. The van der Waals surface area contributed by atoms with Crippen LogP contribution in [0.5, 0.6) is 0 Å². The second-order valence-corrected chi connectivity index (χ2v) is 11.4. The van der Waals surface area contributed by atoms with Gasteiger partial charge >= 0.3 is 0 Å². The number of nitrogens with one attached hydrogen (secondary N) is 1. The molecule has 5 nitrogen and oxygen atoms in total. The van der Waals surface area contributed by atoms with Crippen LogP contribution < -0.4 is 5.32 Å². The topological polar surface area (TPSA) is 50.3 Å². The summed E-state index contributed by atoms with van der Waals surface area (Å²) in [5.74, 6) is 5.85. The van der Waals surface area contributed by atoms with Crippen molar-refractivity contribution < 1.29 is 4.74 Å². The fourth-order valence-corrected chi connectivity index (χ4v) is 8.12. The van der Waals surface area contributed by atoms with Crippen molar-refractivity contribution >= 4 is 50.9 Å². The maximum Gasteiger partial charge on any atom is 0.146 e. The lowest BCUT2D eigenvalue weighted by Gasteiger charge is -2.26. The van der Waals surface area contributed by atoms with Crippen LogP contribution in [0.1, 0.15) is 29.1 Å². The zero-order valence-corrected chi connectivity index (χ0v) is 18.7. The summed E-state index contributed by atoms with van der Waals surface area (Å²) in [6.45, 7) is 5.41. The van der Waals surface area contributed by atoms with E-state index >= 15 is 0 Å². The highest BCUT2D eigenvalue weighted by molar-refractivity contribution is 8.06. The highest BCUT2D eigenvalue weighted by Gasteiger charge is 2.23. The largest absolute Gasteiger partial charge is 0.379 e. The molecule has 3 aliphatic rings. The van der Waals surface area contributed by atoms with Gasteiger partial charge < -0.3 is 10.1 Å². The van der Waals surface area contributed by atoms with Crippen LogP contribution in [0, 0.1) is 0 Å². The molecule has 28 heavy (non-hydrogen) atoms. The minimum atomic E-state index is 0.681. The van der Waals surface area contributed by atoms with Crippen molar-refractivity contribution in [3.8, 4) is 0 Å². The Bertz CT molecular complexity index is 815. The Morgan fingerprint density at radius 1 is 1.11 bits per heavy atom. The maximum atomic E-state index is 5.50. The first-order valence-corrected chi connectivity index (χ1v) is 13.4. The molecule has 0 saturated carbocycles. The standard InChI is InChI=1S/C20H28N4OS3/c1-2-4-16-15(3-1)18-19(21-11-14-13-26-9-10-27-14)22-17(23-20(18)28-16)12-24-5-7-25-8-6-24/h14H,1-13H2,(H,21,22,23). The summed E-state index contributed by atoms with van der Waals surface area (Å²) < 4.78 is 5.50. The van der Waals surface area contributed by atoms with Crippen molar-refractivity contribution in [3.05, 3.63) is 16.3 Å². The highest BCUT2D eigenvalue weighted by atomic mass is 32.2. The fourth-order valence-electron chi connectivity index (χ4n) is 4.22. The van der Waals surface area contributed by atoms with Crippen LogP contribution in [0.25, 0.3) is 10.2 Å². The number of aromatic nitrogens is 2. The molecule has 1 aliphatic carbocycles. The van der Waals surface area contributed by atoms with Crippen LogP contribution in [0.15, 0.2) is 0 Å². The molecule has 2 aromatic heterocycles. The zero-order valence-electron chi connectivity index (χ0n) is 16.2. The summed E-state index contributed by atoms with van der Waals surface area (Å²) in [5, 5.41) is 5.75. The summed E-state index contributed by atoms with van der Waals surface area (Å²) in [5.41, 5.74) is 1.53. The predicted molar refractivity (Wildman–Crippen MR) is 122 cm³/mol. The molecule has 152 valence electrons. The molecule has 4 heterocycles. The van der Waals surface area contributed by atoms with Crippen LogP contribution in [0.4, 0.5) is 5.82 Å². The van der Waals surface area contributed by atoms with E-state index in [0.29, 0.717) is 5.25 Å². The first kappa shape index (κ1) is 19.4. The van der Waals surface area contributed by atoms with Gasteiger partial charge in [-0.05, 0) is 31.2 Å².